The number of amides is 2. The zero-order valence-corrected chi connectivity index (χ0v) is 36.0. The van der Waals surface area contributed by atoms with Crippen molar-refractivity contribution in [3.05, 3.63) is 76.2 Å². The molecular weight excluding hydrogens is 750 g/mol. The predicted octanol–water partition coefficient (Wildman–Crippen LogP) is 8.78. The molecule has 58 heavy (non-hydrogen) atoms. The van der Waals surface area contributed by atoms with Crippen molar-refractivity contribution in [2.45, 2.75) is 112 Å². The van der Waals surface area contributed by atoms with Gasteiger partial charge in [0.2, 0.25) is 23.7 Å². The highest BCUT2D eigenvalue weighted by molar-refractivity contribution is 6.30. The van der Waals surface area contributed by atoms with Gasteiger partial charge in [0.05, 0.1) is 0 Å². The number of aryl methyl sites for hydroxylation is 4. The lowest BCUT2D eigenvalue weighted by atomic mass is 10.0. The van der Waals surface area contributed by atoms with E-state index in [9.17, 15) is 9.59 Å². The van der Waals surface area contributed by atoms with Crippen LogP contribution >= 0.6 is 11.6 Å². The van der Waals surface area contributed by atoms with Crippen molar-refractivity contribution in [2.75, 3.05) is 46.2 Å². The molecule has 2 saturated carbocycles. The van der Waals surface area contributed by atoms with E-state index in [-0.39, 0.29) is 11.8 Å². The van der Waals surface area contributed by atoms with E-state index in [0.29, 0.717) is 42.0 Å². The lowest BCUT2D eigenvalue weighted by Gasteiger charge is -2.28. The monoisotopic (exact) mass is 811 g/mol. The van der Waals surface area contributed by atoms with Gasteiger partial charge in [-0.15, -0.1) is 0 Å². The Morgan fingerprint density at radius 1 is 0.759 bits per heavy atom. The summed E-state index contributed by atoms with van der Waals surface area (Å²) in [6.45, 7) is 18.1. The molecule has 2 aliphatic carbocycles. The summed E-state index contributed by atoms with van der Waals surface area (Å²) in [5.41, 5.74) is 12.9. The molecule has 0 radical (unpaired) electrons. The average molecular weight is 813 g/mol. The van der Waals surface area contributed by atoms with Crippen molar-refractivity contribution in [2.24, 2.45) is 17.6 Å². The summed E-state index contributed by atoms with van der Waals surface area (Å²) in [4.78, 5) is 42.5. The van der Waals surface area contributed by atoms with Crippen molar-refractivity contribution >= 4 is 63.9 Å². The van der Waals surface area contributed by atoms with E-state index in [2.05, 4.69) is 92.1 Å². The molecule has 14 heteroatoms. The van der Waals surface area contributed by atoms with E-state index in [0.717, 1.165) is 95.1 Å². The fraction of sp³-hybridized carbons (Fsp3) is 0.500. The number of rotatable bonds is 11. The van der Waals surface area contributed by atoms with Gasteiger partial charge in [-0.05, 0) is 153 Å². The molecule has 0 saturated heterocycles. The van der Waals surface area contributed by atoms with Crippen LogP contribution in [0.25, 0.3) is 0 Å². The molecular formula is C44H62ClN11O2. The summed E-state index contributed by atoms with van der Waals surface area (Å²) < 4.78 is 0. The fourth-order valence-electron chi connectivity index (χ4n) is 6.59. The van der Waals surface area contributed by atoms with Gasteiger partial charge >= 0.3 is 0 Å². The molecule has 8 rings (SSSR count). The van der Waals surface area contributed by atoms with Gasteiger partial charge < -0.3 is 32.3 Å². The van der Waals surface area contributed by atoms with Gasteiger partial charge in [-0.3, -0.25) is 14.5 Å². The number of nitrogens with zero attached hydrogens (tertiary/aromatic N) is 5. The number of benzene rings is 2. The molecule has 13 nitrogen and oxygen atoms in total. The van der Waals surface area contributed by atoms with Gasteiger partial charge in [0, 0.05) is 77.7 Å². The molecule has 4 heterocycles. The van der Waals surface area contributed by atoms with Gasteiger partial charge in [-0.1, -0.05) is 18.5 Å². The molecule has 2 fully saturated rings. The second-order valence-corrected chi connectivity index (χ2v) is 16.4. The summed E-state index contributed by atoms with van der Waals surface area (Å²) >= 11 is 5.97. The molecule has 2 aliphatic heterocycles. The van der Waals surface area contributed by atoms with Crippen LogP contribution in [0.4, 0.5) is 40.5 Å². The minimum absolute atomic E-state index is 0.0619. The van der Waals surface area contributed by atoms with Crippen LogP contribution in [0.15, 0.2) is 48.8 Å². The Labute approximate surface area is 349 Å². The van der Waals surface area contributed by atoms with Crippen LogP contribution in [0.3, 0.4) is 0 Å². The summed E-state index contributed by atoms with van der Waals surface area (Å²) in [6.07, 6.45) is 11.5. The van der Waals surface area contributed by atoms with Crippen LogP contribution in [0, 0.1) is 25.7 Å². The maximum absolute atomic E-state index is 11.4. The highest BCUT2D eigenvalue weighted by Gasteiger charge is 2.22. The molecule has 2 aromatic carbocycles. The molecule has 2 aromatic heterocycles. The molecule has 312 valence electrons. The number of carbonyl (C=O) groups excluding carboxylic acids is 2. The Hall–Kier alpha value is -4.85. The van der Waals surface area contributed by atoms with Crippen LogP contribution < -0.4 is 32.3 Å². The normalized spacial score (nSPS) is 15.3. The average Bonchev–Trinajstić information content (AvgIpc) is 4.13. The third-order valence-corrected chi connectivity index (χ3v) is 10.8. The fourth-order valence-corrected chi connectivity index (χ4v) is 6.72. The summed E-state index contributed by atoms with van der Waals surface area (Å²) in [5.74, 6) is 3.79. The van der Waals surface area contributed by atoms with Crippen LogP contribution in [0.1, 0.15) is 95.4 Å². The maximum atomic E-state index is 11.4. The highest BCUT2D eigenvalue weighted by Crippen LogP contribution is 2.31. The van der Waals surface area contributed by atoms with Crippen molar-refractivity contribution in [1.82, 2.24) is 24.8 Å². The first-order valence-electron chi connectivity index (χ1n) is 20.7. The number of nitrogens with two attached hydrogens (primary N) is 1. The molecule has 0 spiro atoms. The van der Waals surface area contributed by atoms with Gasteiger partial charge in [-0.2, -0.15) is 4.98 Å². The second-order valence-electron chi connectivity index (χ2n) is 16.0. The van der Waals surface area contributed by atoms with E-state index in [1.807, 2.05) is 50.4 Å². The van der Waals surface area contributed by atoms with Crippen LogP contribution in [0.5, 0.6) is 0 Å². The third kappa shape index (κ3) is 13.9. The Kier molecular flexibility index (Phi) is 16.2. The molecule has 0 unspecified atom stereocenters. The minimum atomic E-state index is 0.0619. The van der Waals surface area contributed by atoms with Gasteiger partial charge in [0.1, 0.15) is 11.0 Å². The number of hydrogen-bond donors (Lipinski definition) is 6. The first-order valence-corrected chi connectivity index (χ1v) is 21.1. The predicted molar refractivity (Wildman–Crippen MR) is 238 cm³/mol. The van der Waals surface area contributed by atoms with Gasteiger partial charge in [-0.25, -0.2) is 15.0 Å². The smallest absolute Gasteiger partial charge is 0.229 e. The van der Waals surface area contributed by atoms with E-state index in [4.69, 9.17) is 17.3 Å². The van der Waals surface area contributed by atoms with Crippen LogP contribution in [-0.4, -0.2) is 68.4 Å². The zero-order valence-electron chi connectivity index (χ0n) is 35.2. The number of aromatic nitrogens is 4. The SMILES string of the molecule is CCN(C(C)C)C(C)C.Cc1cnc(Nc2ccc3c(c2)CCC(=O)N3)nc1Cl.Cc1cnc(Nc2ccc3c(c2)CCC(=O)N3)nc1NCC1CC1.NCC1CC1. The quantitative estimate of drug-likeness (QED) is 0.0799. The topological polar surface area (TPSA) is 175 Å². The highest BCUT2D eigenvalue weighted by atomic mass is 35.5. The lowest BCUT2D eigenvalue weighted by Crippen LogP contribution is -2.36. The largest absolute Gasteiger partial charge is 0.369 e. The first kappa shape index (κ1) is 44.3. The first-order chi connectivity index (χ1) is 27.8. The zero-order chi connectivity index (χ0) is 41.8. The number of nitrogens with one attached hydrogen (secondary N) is 5. The summed E-state index contributed by atoms with van der Waals surface area (Å²) in [6, 6.07) is 13.0. The minimum Gasteiger partial charge on any atom is -0.369 e. The Bertz CT molecular complexity index is 1990. The lowest BCUT2D eigenvalue weighted by molar-refractivity contribution is -0.117. The van der Waals surface area contributed by atoms with Crippen LogP contribution in [0.2, 0.25) is 5.15 Å². The standard InChI is InChI=1S/C18H21N5O.C14H13ClN4O.C8H19N.C4H9N/c1-11-9-20-18(23-17(11)19-10-12-2-3-12)21-14-5-6-15-13(8-14)4-7-16(24)22-15;1-8-7-16-14(19-13(8)15)17-10-3-4-11-9(6-10)2-5-12(20)18-11;1-6-9(7(2)3)8(4)5;5-3-4-1-2-4/h5-6,8-9,12H,2-4,7,10H2,1H3,(H,22,24)(H2,19,20,21,23);3-4,6-7H,2,5H2,1H3,(H,18,20)(H,16,17,19);7-8H,6H2,1-5H3;4H,1-3,5H2. The number of carbonyl (C=O) groups is 2. The van der Waals surface area contributed by atoms with E-state index in [1.165, 1.54) is 25.7 Å². The van der Waals surface area contributed by atoms with Gasteiger partial charge in [0.15, 0.2) is 0 Å². The van der Waals surface area contributed by atoms with Crippen molar-refractivity contribution in [3.63, 3.8) is 0 Å². The van der Waals surface area contributed by atoms with Crippen molar-refractivity contribution < 1.29 is 9.59 Å². The third-order valence-electron chi connectivity index (χ3n) is 10.4. The number of hydrogen-bond acceptors (Lipinski definition) is 11. The number of fused-ring (bicyclic) bond motifs is 2. The molecule has 0 bridgehead atoms. The number of halogens is 1. The molecule has 7 N–H and O–H groups in total. The second kappa shape index (κ2) is 21.2. The molecule has 0 atom stereocenters. The Balaban J connectivity index is 0.000000169. The van der Waals surface area contributed by atoms with E-state index in [1.54, 1.807) is 6.20 Å². The summed E-state index contributed by atoms with van der Waals surface area (Å²) in [7, 11) is 0. The number of anilines is 7. The molecule has 4 aliphatic rings. The Morgan fingerprint density at radius 2 is 1.26 bits per heavy atom. The molecule has 2 amide bonds. The summed E-state index contributed by atoms with van der Waals surface area (Å²) in [5, 5.41) is 16.0. The maximum Gasteiger partial charge on any atom is 0.229 e. The Morgan fingerprint density at radius 3 is 1.67 bits per heavy atom. The van der Waals surface area contributed by atoms with Crippen LogP contribution in [-0.2, 0) is 22.4 Å². The molecule has 4 aromatic rings. The van der Waals surface area contributed by atoms with Gasteiger partial charge in [0.25, 0.3) is 0 Å². The van der Waals surface area contributed by atoms with E-state index >= 15 is 0 Å². The van der Waals surface area contributed by atoms with E-state index < -0.39 is 0 Å². The van der Waals surface area contributed by atoms with Crippen molar-refractivity contribution in [3.8, 4) is 0 Å². The van der Waals surface area contributed by atoms with Crippen molar-refractivity contribution in [1.29, 1.82) is 0 Å².